The van der Waals surface area contributed by atoms with E-state index in [1.807, 2.05) is 26.8 Å². The number of aromatic carboxylic acids is 1. The lowest BCUT2D eigenvalue weighted by Gasteiger charge is -2.11. The van der Waals surface area contributed by atoms with Crippen molar-refractivity contribution in [2.75, 3.05) is 0 Å². The van der Waals surface area contributed by atoms with Crippen LogP contribution in [0, 0.1) is 6.92 Å². The Labute approximate surface area is 91.9 Å². The highest BCUT2D eigenvalue weighted by atomic mass is 16.4. The zero-order chi connectivity index (χ0) is 12.0. The molecule has 1 N–H and O–H groups in total. The summed E-state index contributed by atoms with van der Waals surface area (Å²) in [4.78, 5) is 10.8. The second-order valence-corrected chi connectivity index (χ2v) is 3.48. The van der Waals surface area contributed by atoms with Gasteiger partial charge in [0.2, 0.25) is 0 Å². The van der Waals surface area contributed by atoms with E-state index in [1.54, 1.807) is 12.1 Å². The van der Waals surface area contributed by atoms with Gasteiger partial charge in [0.1, 0.15) is 0 Å². The molecule has 0 aliphatic heterocycles. The van der Waals surface area contributed by atoms with Crippen molar-refractivity contribution >= 4 is 5.97 Å². The second-order valence-electron chi connectivity index (χ2n) is 3.48. The quantitative estimate of drug-likeness (QED) is 0.801. The first-order valence-electron chi connectivity index (χ1n) is 5.37. The molecule has 2 heteroatoms. The number of hydrogen-bond donors (Lipinski definition) is 1. The highest BCUT2D eigenvalue weighted by molar-refractivity contribution is 5.89. The SMILES string of the molecule is CC.Cc1c(C(=O)O)cccc1C(C)C. The Morgan fingerprint density at radius 3 is 2.20 bits per heavy atom. The molecule has 0 heterocycles. The van der Waals surface area contributed by atoms with Crippen molar-refractivity contribution in [3.63, 3.8) is 0 Å². The third kappa shape index (κ3) is 3.39. The lowest BCUT2D eigenvalue weighted by Crippen LogP contribution is -2.03. The van der Waals surface area contributed by atoms with Gasteiger partial charge in [-0.05, 0) is 30.0 Å². The maximum Gasteiger partial charge on any atom is 0.335 e. The molecule has 0 fully saturated rings. The van der Waals surface area contributed by atoms with Crippen LogP contribution in [0.1, 0.15) is 55.1 Å². The Hall–Kier alpha value is -1.31. The van der Waals surface area contributed by atoms with E-state index in [0.29, 0.717) is 11.5 Å². The molecule has 0 aliphatic carbocycles. The highest BCUT2D eigenvalue weighted by Gasteiger charge is 2.11. The molecule has 0 aliphatic rings. The number of carboxylic acids is 1. The van der Waals surface area contributed by atoms with E-state index < -0.39 is 5.97 Å². The van der Waals surface area contributed by atoms with E-state index >= 15 is 0 Å². The molecule has 0 radical (unpaired) electrons. The van der Waals surface area contributed by atoms with E-state index in [2.05, 4.69) is 13.8 Å². The van der Waals surface area contributed by atoms with Gasteiger partial charge in [-0.15, -0.1) is 0 Å². The summed E-state index contributed by atoms with van der Waals surface area (Å²) in [7, 11) is 0. The molecule has 0 saturated carbocycles. The first-order chi connectivity index (χ1) is 7.04. The summed E-state index contributed by atoms with van der Waals surface area (Å²) in [6.45, 7) is 9.99. The van der Waals surface area contributed by atoms with E-state index in [4.69, 9.17) is 5.11 Å². The van der Waals surface area contributed by atoms with Gasteiger partial charge in [-0.25, -0.2) is 4.79 Å². The van der Waals surface area contributed by atoms with Gasteiger partial charge in [0.25, 0.3) is 0 Å². The average Bonchev–Trinajstić information content (AvgIpc) is 2.20. The number of benzene rings is 1. The molecule has 0 unspecified atom stereocenters. The molecule has 0 amide bonds. The molecular weight excluding hydrogens is 188 g/mol. The molecule has 84 valence electrons. The van der Waals surface area contributed by atoms with Gasteiger partial charge in [0.05, 0.1) is 5.56 Å². The molecular formula is C13H20O2. The molecule has 0 saturated heterocycles. The number of carbonyl (C=O) groups is 1. The zero-order valence-electron chi connectivity index (χ0n) is 10.2. The first kappa shape index (κ1) is 13.7. The van der Waals surface area contributed by atoms with Crippen molar-refractivity contribution in [2.24, 2.45) is 0 Å². The Bertz CT molecular complexity index is 327. The van der Waals surface area contributed by atoms with Crippen molar-refractivity contribution in [1.29, 1.82) is 0 Å². The Kier molecular flexibility index (Phi) is 5.68. The predicted octanol–water partition coefficient (Wildman–Crippen LogP) is 3.84. The Balaban J connectivity index is 0.000000921. The number of rotatable bonds is 2. The van der Waals surface area contributed by atoms with Crippen LogP contribution in [0.5, 0.6) is 0 Å². The topological polar surface area (TPSA) is 37.3 Å². The van der Waals surface area contributed by atoms with Crippen LogP contribution in [-0.2, 0) is 0 Å². The van der Waals surface area contributed by atoms with Crippen LogP contribution < -0.4 is 0 Å². The van der Waals surface area contributed by atoms with Crippen molar-refractivity contribution in [1.82, 2.24) is 0 Å². The predicted molar refractivity (Wildman–Crippen MR) is 63.6 cm³/mol. The summed E-state index contributed by atoms with van der Waals surface area (Å²) in [5.41, 5.74) is 2.40. The molecule has 0 atom stereocenters. The van der Waals surface area contributed by atoms with Gasteiger partial charge < -0.3 is 5.11 Å². The fourth-order valence-corrected chi connectivity index (χ4v) is 1.51. The van der Waals surface area contributed by atoms with E-state index in [0.717, 1.165) is 11.1 Å². The Morgan fingerprint density at radius 1 is 1.27 bits per heavy atom. The number of carboxylic acid groups (broad SMARTS) is 1. The fourth-order valence-electron chi connectivity index (χ4n) is 1.51. The van der Waals surface area contributed by atoms with Crippen LogP contribution in [0.25, 0.3) is 0 Å². The van der Waals surface area contributed by atoms with Crippen molar-refractivity contribution in [3.8, 4) is 0 Å². The molecule has 1 rings (SSSR count). The first-order valence-corrected chi connectivity index (χ1v) is 5.37. The van der Waals surface area contributed by atoms with E-state index in [-0.39, 0.29) is 0 Å². The number of hydrogen-bond acceptors (Lipinski definition) is 1. The summed E-state index contributed by atoms with van der Waals surface area (Å²) < 4.78 is 0. The van der Waals surface area contributed by atoms with Gasteiger partial charge >= 0.3 is 5.97 Å². The monoisotopic (exact) mass is 208 g/mol. The van der Waals surface area contributed by atoms with Crippen LogP contribution in [0.3, 0.4) is 0 Å². The van der Waals surface area contributed by atoms with Gasteiger partial charge in [-0.2, -0.15) is 0 Å². The highest BCUT2D eigenvalue weighted by Crippen LogP contribution is 2.21. The molecule has 0 aromatic heterocycles. The standard InChI is InChI=1S/C11H14O2.C2H6/c1-7(2)9-5-4-6-10(8(9)3)11(12)13;1-2/h4-7H,1-3H3,(H,12,13);1-2H3. The van der Waals surface area contributed by atoms with Crippen molar-refractivity contribution in [3.05, 3.63) is 34.9 Å². The van der Waals surface area contributed by atoms with Crippen LogP contribution in [-0.4, -0.2) is 11.1 Å². The minimum Gasteiger partial charge on any atom is -0.478 e. The second kappa shape index (κ2) is 6.23. The molecule has 2 nitrogen and oxygen atoms in total. The maximum absolute atomic E-state index is 10.8. The average molecular weight is 208 g/mol. The fraction of sp³-hybridized carbons (Fsp3) is 0.462. The smallest absolute Gasteiger partial charge is 0.335 e. The summed E-state index contributed by atoms with van der Waals surface area (Å²) in [5.74, 6) is -0.473. The van der Waals surface area contributed by atoms with E-state index in [9.17, 15) is 4.79 Å². The molecule has 15 heavy (non-hydrogen) atoms. The summed E-state index contributed by atoms with van der Waals surface area (Å²) in [6.07, 6.45) is 0. The van der Waals surface area contributed by atoms with Gasteiger partial charge in [-0.1, -0.05) is 39.8 Å². The van der Waals surface area contributed by atoms with Gasteiger partial charge in [0.15, 0.2) is 0 Å². The maximum atomic E-state index is 10.8. The van der Waals surface area contributed by atoms with Crippen LogP contribution in [0.2, 0.25) is 0 Å². The lowest BCUT2D eigenvalue weighted by atomic mass is 9.94. The van der Waals surface area contributed by atoms with Gasteiger partial charge in [-0.3, -0.25) is 0 Å². The van der Waals surface area contributed by atoms with Crippen LogP contribution in [0.4, 0.5) is 0 Å². The largest absolute Gasteiger partial charge is 0.478 e. The molecule has 0 bridgehead atoms. The van der Waals surface area contributed by atoms with Gasteiger partial charge in [0, 0.05) is 0 Å². The van der Waals surface area contributed by atoms with E-state index in [1.165, 1.54) is 0 Å². The van der Waals surface area contributed by atoms with Crippen LogP contribution >= 0.6 is 0 Å². The van der Waals surface area contributed by atoms with Crippen LogP contribution in [0.15, 0.2) is 18.2 Å². The zero-order valence-corrected chi connectivity index (χ0v) is 10.2. The minimum absolute atomic E-state index is 0.374. The summed E-state index contributed by atoms with van der Waals surface area (Å²) in [5, 5.41) is 8.87. The van der Waals surface area contributed by atoms with Crippen molar-refractivity contribution in [2.45, 2.75) is 40.5 Å². The lowest BCUT2D eigenvalue weighted by molar-refractivity contribution is 0.0696. The third-order valence-corrected chi connectivity index (χ3v) is 2.23. The molecule has 1 aromatic rings. The minimum atomic E-state index is -0.847. The normalized spacial score (nSPS) is 9.47. The summed E-state index contributed by atoms with van der Waals surface area (Å²) in [6, 6.07) is 5.42. The Morgan fingerprint density at radius 2 is 1.80 bits per heavy atom. The van der Waals surface area contributed by atoms with Crippen molar-refractivity contribution < 1.29 is 9.90 Å². The summed E-state index contributed by atoms with van der Waals surface area (Å²) >= 11 is 0. The molecule has 1 aromatic carbocycles. The molecule has 0 spiro atoms. The third-order valence-electron chi connectivity index (χ3n) is 2.23.